The van der Waals surface area contributed by atoms with Gasteiger partial charge in [0.25, 0.3) is 0 Å². The van der Waals surface area contributed by atoms with Crippen LogP contribution in [0.5, 0.6) is 17.2 Å². The van der Waals surface area contributed by atoms with E-state index in [0.29, 0.717) is 18.7 Å². The molecule has 1 N–H and O–H groups in total. The van der Waals surface area contributed by atoms with E-state index in [1.165, 1.54) is 0 Å². The molecule has 2 aromatic carbocycles. The lowest BCUT2D eigenvalue weighted by atomic mass is 10.1. The second-order valence-electron chi connectivity index (χ2n) is 5.85. The molecule has 0 heterocycles. The van der Waals surface area contributed by atoms with Crippen LogP contribution < -0.4 is 19.1 Å². The number of anilines is 1. The minimum Gasteiger partial charge on any atom is -0.496 e. The van der Waals surface area contributed by atoms with Crippen LogP contribution in [0.3, 0.4) is 0 Å². The lowest BCUT2D eigenvalue weighted by molar-refractivity contribution is 0.304. The van der Waals surface area contributed by atoms with Crippen molar-refractivity contribution in [1.29, 1.82) is 0 Å². The van der Waals surface area contributed by atoms with Crippen molar-refractivity contribution in [2.24, 2.45) is 0 Å². The number of nitrogens with zero attached hydrogens (tertiary/aromatic N) is 1. The predicted octanol–water partition coefficient (Wildman–Crippen LogP) is 3.40. The Morgan fingerprint density at radius 2 is 1.58 bits per heavy atom. The fourth-order valence-electron chi connectivity index (χ4n) is 2.71. The molecule has 0 aliphatic heterocycles. The van der Waals surface area contributed by atoms with Gasteiger partial charge in [-0.2, -0.15) is 0 Å². The van der Waals surface area contributed by atoms with Crippen LogP contribution in [0.25, 0.3) is 6.08 Å². The van der Waals surface area contributed by atoms with Crippen molar-refractivity contribution in [3.63, 3.8) is 0 Å². The summed E-state index contributed by atoms with van der Waals surface area (Å²) in [4.78, 5) is 2.01. The number of allylic oxidation sites excluding steroid dienone is 1. The predicted molar refractivity (Wildman–Crippen MR) is 106 cm³/mol. The molecule has 140 valence electrons. The Kier molecular flexibility index (Phi) is 7.36. The van der Waals surface area contributed by atoms with Crippen molar-refractivity contribution in [3.05, 3.63) is 53.6 Å². The molecule has 0 saturated heterocycles. The normalized spacial score (nSPS) is 10.8. The first-order valence-electron chi connectivity index (χ1n) is 8.50. The molecular formula is C21H27NO4. The smallest absolute Gasteiger partial charge is 0.129 e. The topological polar surface area (TPSA) is 51.2 Å². The summed E-state index contributed by atoms with van der Waals surface area (Å²) in [6.45, 7) is 0.760. The van der Waals surface area contributed by atoms with E-state index in [1.54, 1.807) is 21.3 Å². The van der Waals surface area contributed by atoms with Gasteiger partial charge >= 0.3 is 0 Å². The van der Waals surface area contributed by atoms with Crippen LogP contribution in [0.1, 0.15) is 11.1 Å². The molecule has 2 rings (SSSR count). The Balaban J connectivity index is 2.13. The summed E-state index contributed by atoms with van der Waals surface area (Å²) in [5.41, 5.74) is 3.17. The number of aliphatic hydroxyl groups excluding tert-OH is 1. The van der Waals surface area contributed by atoms with E-state index in [2.05, 4.69) is 24.3 Å². The van der Waals surface area contributed by atoms with E-state index in [-0.39, 0.29) is 6.61 Å². The van der Waals surface area contributed by atoms with E-state index in [0.717, 1.165) is 28.3 Å². The quantitative estimate of drug-likeness (QED) is 0.745. The second kappa shape index (κ2) is 9.73. The molecule has 0 atom stereocenters. The number of benzene rings is 2. The van der Waals surface area contributed by atoms with Crippen LogP contribution in [0.4, 0.5) is 5.69 Å². The molecule has 0 aromatic heterocycles. The zero-order valence-corrected chi connectivity index (χ0v) is 15.9. The first kappa shape index (κ1) is 19.7. The molecule has 0 unspecified atom stereocenters. The average molecular weight is 357 g/mol. The van der Waals surface area contributed by atoms with Gasteiger partial charge in [0.05, 0.1) is 27.9 Å². The summed E-state index contributed by atoms with van der Waals surface area (Å²) < 4.78 is 16.2. The third-order valence-corrected chi connectivity index (χ3v) is 4.22. The maximum absolute atomic E-state index is 9.01. The van der Waals surface area contributed by atoms with Gasteiger partial charge in [-0.15, -0.1) is 0 Å². The van der Waals surface area contributed by atoms with Crippen LogP contribution >= 0.6 is 0 Å². The highest BCUT2D eigenvalue weighted by molar-refractivity contribution is 5.57. The van der Waals surface area contributed by atoms with Crippen LogP contribution in [0.2, 0.25) is 0 Å². The van der Waals surface area contributed by atoms with Gasteiger partial charge in [0.2, 0.25) is 0 Å². The molecule has 5 heteroatoms. The van der Waals surface area contributed by atoms with Crippen molar-refractivity contribution in [2.75, 3.05) is 46.4 Å². The zero-order chi connectivity index (χ0) is 18.9. The highest BCUT2D eigenvalue weighted by atomic mass is 16.5. The van der Waals surface area contributed by atoms with E-state index >= 15 is 0 Å². The largest absolute Gasteiger partial charge is 0.496 e. The number of aliphatic hydroxyl groups is 1. The zero-order valence-electron chi connectivity index (χ0n) is 15.9. The van der Waals surface area contributed by atoms with Gasteiger partial charge in [-0.05, 0) is 24.1 Å². The van der Waals surface area contributed by atoms with Gasteiger partial charge in [-0.25, -0.2) is 0 Å². The molecule has 0 saturated carbocycles. The first-order valence-corrected chi connectivity index (χ1v) is 8.50. The number of hydrogen-bond acceptors (Lipinski definition) is 5. The van der Waals surface area contributed by atoms with Crippen molar-refractivity contribution in [1.82, 2.24) is 0 Å². The first-order chi connectivity index (χ1) is 12.6. The minimum atomic E-state index is 0.143. The SMILES string of the molecule is COc1cc(OC)c(C/C=C\c2ccc(N(C)CCO)cc2)c(OC)c1. The standard InChI is InChI=1S/C21H27NO4/c1-22(12-13-23)17-10-8-16(9-11-17)6-5-7-19-20(25-3)14-18(24-2)15-21(19)26-4/h5-6,8-11,14-15,23H,7,12-13H2,1-4H3/b6-5-. The number of likely N-dealkylation sites (N-methyl/N-ethyl adjacent to an activating group) is 1. The fraction of sp³-hybridized carbons (Fsp3) is 0.333. The van der Waals surface area contributed by atoms with Crippen molar-refractivity contribution < 1.29 is 19.3 Å². The molecule has 0 radical (unpaired) electrons. The van der Waals surface area contributed by atoms with E-state index < -0.39 is 0 Å². The Morgan fingerprint density at radius 1 is 0.962 bits per heavy atom. The van der Waals surface area contributed by atoms with Gasteiger partial charge in [0.15, 0.2) is 0 Å². The maximum atomic E-state index is 9.01. The summed E-state index contributed by atoms with van der Waals surface area (Å²) in [7, 11) is 6.87. The summed E-state index contributed by atoms with van der Waals surface area (Å²) in [5, 5.41) is 9.01. The monoisotopic (exact) mass is 357 g/mol. The van der Waals surface area contributed by atoms with Gasteiger partial charge in [0, 0.05) is 37.0 Å². The molecule has 2 aromatic rings. The highest BCUT2D eigenvalue weighted by Crippen LogP contribution is 2.34. The number of methoxy groups -OCH3 is 3. The lowest BCUT2D eigenvalue weighted by Gasteiger charge is -2.17. The average Bonchev–Trinajstić information content (AvgIpc) is 2.68. The molecule has 0 fully saturated rings. The third-order valence-electron chi connectivity index (χ3n) is 4.22. The van der Waals surface area contributed by atoms with Gasteiger partial charge in [0.1, 0.15) is 17.2 Å². The Labute approximate surface area is 155 Å². The van der Waals surface area contributed by atoms with E-state index in [4.69, 9.17) is 19.3 Å². The van der Waals surface area contributed by atoms with Crippen molar-refractivity contribution in [2.45, 2.75) is 6.42 Å². The molecule has 0 spiro atoms. The fourth-order valence-corrected chi connectivity index (χ4v) is 2.71. The van der Waals surface area contributed by atoms with Crippen molar-refractivity contribution >= 4 is 11.8 Å². The lowest BCUT2D eigenvalue weighted by Crippen LogP contribution is -2.20. The Morgan fingerprint density at radius 3 is 2.08 bits per heavy atom. The highest BCUT2D eigenvalue weighted by Gasteiger charge is 2.11. The molecular weight excluding hydrogens is 330 g/mol. The molecule has 0 aliphatic rings. The summed E-state index contributed by atoms with van der Waals surface area (Å²) in [6, 6.07) is 11.9. The van der Waals surface area contributed by atoms with Gasteiger partial charge in [-0.3, -0.25) is 0 Å². The third kappa shape index (κ3) is 4.92. The summed E-state index contributed by atoms with van der Waals surface area (Å²) >= 11 is 0. The number of ether oxygens (including phenoxy) is 3. The van der Waals surface area contributed by atoms with Crippen LogP contribution in [-0.4, -0.2) is 46.6 Å². The van der Waals surface area contributed by atoms with Crippen LogP contribution in [0.15, 0.2) is 42.5 Å². The van der Waals surface area contributed by atoms with Crippen LogP contribution in [0, 0.1) is 0 Å². The Bertz CT molecular complexity index is 700. The van der Waals surface area contributed by atoms with E-state index in [1.807, 2.05) is 36.2 Å². The Hall–Kier alpha value is -2.66. The molecule has 0 amide bonds. The van der Waals surface area contributed by atoms with Gasteiger partial charge in [-0.1, -0.05) is 24.3 Å². The van der Waals surface area contributed by atoms with Crippen molar-refractivity contribution in [3.8, 4) is 17.2 Å². The number of rotatable bonds is 9. The number of hydrogen-bond donors (Lipinski definition) is 1. The summed E-state index contributed by atoms with van der Waals surface area (Å²) in [5.74, 6) is 2.19. The molecule has 0 aliphatic carbocycles. The minimum absolute atomic E-state index is 0.143. The second-order valence-corrected chi connectivity index (χ2v) is 5.85. The molecule has 0 bridgehead atoms. The maximum Gasteiger partial charge on any atom is 0.129 e. The van der Waals surface area contributed by atoms with E-state index in [9.17, 15) is 0 Å². The van der Waals surface area contributed by atoms with Gasteiger partial charge < -0.3 is 24.2 Å². The van der Waals surface area contributed by atoms with Crippen LogP contribution in [-0.2, 0) is 6.42 Å². The molecule has 26 heavy (non-hydrogen) atoms. The summed E-state index contributed by atoms with van der Waals surface area (Å²) in [6.07, 6.45) is 4.83. The molecule has 5 nitrogen and oxygen atoms in total.